The summed E-state index contributed by atoms with van der Waals surface area (Å²) in [4.78, 5) is 13.1. The molecule has 4 rings (SSSR count). The van der Waals surface area contributed by atoms with Gasteiger partial charge in [-0.25, -0.2) is 4.98 Å². The molecule has 0 saturated carbocycles. The van der Waals surface area contributed by atoms with Crippen LogP contribution in [0.25, 0.3) is 16.9 Å². The van der Waals surface area contributed by atoms with E-state index in [1.54, 1.807) is 24.8 Å². The number of rotatable bonds is 6. The average Bonchev–Trinajstić information content (AvgIpc) is 3.31. The summed E-state index contributed by atoms with van der Waals surface area (Å²) in [5.41, 5.74) is 3.61. The van der Waals surface area contributed by atoms with E-state index in [2.05, 4.69) is 20.3 Å². The smallest absolute Gasteiger partial charge is 0.226 e. The minimum Gasteiger partial charge on any atom is -0.497 e. The number of thiophene rings is 1. The van der Waals surface area contributed by atoms with Gasteiger partial charge in [-0.3, -0.25) is 4.57 Å². The first-order valence-corrected chi connectivity index (χ1v) is 9.36. The van der Waals surface area contributed by atoms with Crippen LogP contribution in [-0.2, 0) is 6.42 Å². The molecule has 132 valence electrons. The van der Waals surface area contributed by atoms with Gasteiger partial charge in [-0.2, -0.15) is 21.3 Å². The predicted octanol–water partition coefficient (Wildman–Crippen LogP) is 4.19. The SMILES string of the molecule is COc1ccc(CCNc2nc(Cl)nc3c2ncn3-c2ccsc2)cc1. The van der Waals surface area contributed by atoms with Crippen molar-refractivity contribution >= 4 is 39.9 Å². The fourth-order valence-corrected chi connectivity index (χ4v) is 3.49. The van der Waals surface area contributed by atoms with E-state index in [0.29, 0.717) is 23.5 Å². The number of nitrogens with one attached hydrogen (secondary N) is 1. The third-order valence-electron chi connectivity index (χ3n) is 4.02. The van der Waals surface area contributed by atoms with Crippen LogP contribution in [0.3, 0.4) is 0 Å². The first-order valence-electron chi connectivity index (χ1n) is 8.04. The Balaban J connectivity index is 1.54. The Bertz CT molecular complexity index is 1010. The largest absolute Gasteiger partial charge is 0.497 e. The van der Waals surface area contributed by atoms with Crippen LogP contribution in [-0.4, -0.2) is 33.2 Å². The van der Waals surface area contributed by atoms with Gasteiger partial charge in [0.15, 0.2) is 17.0 Å². The van der Waals surface area contributed by atoms with Gasteiger partial charge in [-0.15, -0.1) is 0 Å². The van der Waals surface area contributed by atoms with Crippen LogP contribution < -0.4 is 10.1 Å². The molecule has 0 aliphatic carbocycles. The Hall–Kier alpha value is -2.64. The molecule has 8 heteroatoms. The van der Waals surface area contributed by atoms with Gasteiger partial charge in [0.1, 0.15) is 12.1 Å². The number of aromatic nitrogens is 4. The molecule has 0 aliphatic rings. The van der Waals surface area contributed by atoms with Gasteiger partial charge in [0.2, 0.25) is 5.28 Å². The van der Waals surface area contributed by atoms with Gasteiger partial charge in [-0.05, 0) is 47.2 Å². The van der Waals surface area contributed by atoms with Crippen LogP contribution in [0.15, 0.2) is 47.4 Å². The number of methoxy groups -OCH3 is 1. The lowest BCUT2D eigenvalue weighted by atomic mass is 10.1. The molecule has 0 unspecified atom stereocenters. The maximum absolute atomic E-state index is 6.13. The second kappa shape index (κ2) is 7.31. The van der Waals surface area contributed by atoms with Crippen molar-refractivity contribution in [1.82, 2.24) is 19.5 Å². The Morgan fingerprint density at radius 3 is 2.77 bits per heavy atom. The fourth-order valence-electron chi connectivity index (χ4n) is 2.70. The van der Waals surface area contributed by atoms with Crippen LogP contribution in [0.1, 0.15) is 5.56 Å². The summed E-state index contributed by atoms with van der Waals surface area (Å²) in [6, 6.07) is 10.0. The zero-order valence-electron chi connectivity index (χ0n) is 14.0. The molecule has 0 bridgehead atoms. The highest BCUT2D eigenvalue weighted by Gasteiger charge is 2.13. The van der Waals surface area contributed by atoms with E-state index in [-0.39, 0.29) is 5.28 Å². The number of hydrogen-bond donors (Lipinski definition) is 1. The number of halogens is 1. The Kier molecular flexibility index (Phi) is 4.73. The van der Waals surface area contributed by atoms with Gasteiger partial charge in [0, 0.05) is 11.9 Å². The van der Waals surface area contributed by atoms with E-state index in [0.717, 1.165) is 17.9 Å². The second-order valence-electron chi connectivity index (χ2n) is 5.63. The molecule has 4 aromatic rings. The first-order chi connectivity index (χ1) is 12.7. The quantitative estimate of drug-likeness (QED) is 0.504. The molecular formula is C18H16ClN5OS. The molecule has 1 N–H and O–H groups in total. The third-order valence-corrected chi connectivity index (χ3v) is 4.86. The fraction of sp³-hybridized carbons (Fsp3) is 0.167. The topological polar surface area (TPSA) is 64.9 Å². The van der Waals surface area contributed by atoms with Gasteiger partial charge < -0.3 is 10.1 Å². The number of imidazole rings is 1. The minimum absolute atomic E-state index is 0.196. The maximum atomic E-state index is 6.13. The van der Waals surface area contributed by atoms with Gasteiger partial charge >= 0.3 is 0 Å². The average molecular weight is 386 g/mol. The van der Waals surface area contributed by atoms with Gasteiger partial charge in [0.25, 0.3) is 0 Å². The molecule has 0 saturated heterocycles. The summed E-state index contributed by atoms with van der Waals surface area (Å²) in [5.74, 6) is 1.49. The lowest BCUT2D eigenvalue weighted by molar-refractivity contribution is 0.414. The Labute approximate surface area is 159 Å². The van der Waals surface area contributed by atoms with E-state index in [9.17, 15) is 0 Å². The normalized spacial score (nSPS) is 11.0. The summed E-state index contributed by atoms with van der Waals surface area (Å²) in [6.45, 7) is 0.708. The molecule has 0 radical (unpaired) electrons. The van der Waals surface area contributed by atoms with E-state index in [4.69, 9.17) is 16.3 Å². The predicted molar refractivity (Wildman–Crippen MR) is 105 cm³/mol. The van der Waals surface area contributed by atoms with Gasteiger partial charge in [0.05, 0.1) is 12.8 Å². The molecule has 0 spiro atoms. The van der Waals surface area contributed by atoms with Crippen molar-refractivity contribution in [3.63, 3.8) is 0 Å². The van der Waals surface area contributed by atoms with Crippen molar-refractivity contribution in [2.75, 3.05) is 19.0 Å². The zero-order chi connectivity index (χ0) is 17.9. The van der Waals surface area contributed by atoms with Crippen LogP contribution in [0.4, 0.5) is 5.82 Å². The van der Waals surface area contributed by atoms with Crippen molar-refractivity contribution < 1.29 is 4.74 Å². The molecule has 3 heterocycles. The van der Waals surface area contributed by atoms with E-state index in [1.165, 1.54) is 5.56 Å². The molecule has 0 fully saturated rings. The van der Waals surface area contributed by atoms with E-state index < -0.39 is 0 Å². The molecule has 0 aliphatic heterocycles. The van der Waals surface area contributed by atoms with Crippen molar-refractivity contribution in [1.29, 1.82) is 0 Å². The van der Waals surface area contributed by atoms with Crippen LogP contribution >= 0.6 is 22.9 Å². The molecule has 3 aromatic heterocycles. The molecule has 0 atom stereocenters. The molecule has 26 heavy (non-hydrogen) atoms. The summed E-state index contributed by atoms with van der Waals surface area (Å²) in [5, 5.41) is 7.57. The van der Waals surface area contributed by atoms with Crippen LogP contribution in [0.5, 0.6) is 5.75 Å². The highest BCUT2D eigenvalue weighted by molar-refractivity contribution is 7.08. The number of hydrogen-bond acceptors (Lipinski definition) is 6. The minimum atomic E-state index is 0.196. The van der Waals surface area contributed by atoms with Gasteiger partial charge in [-0.1, -0.05) is 12.1 Å². The van der Waals surface area contributed by atoms with Crippen molar-refractivity contribution in [3.05, 3.63) is 58.3 Å². The monoisotopic (exact) mass is 385 g/mol. The zero-order valence-corrected chi connectivity index (χ0v) is 15.6. The lowest BCUT2D eigenvalue weighted by Gasteiger charge is -2.08. The summed E-state index contributed by atoms with van der Waals surface area (Å²) in [7, 11) is 1.66. The standard InChI is InChI=1S/C18H16ClN5OS/c1-25-14-4-2-12(3-5-14)6-8-20-16-15-17(23-18(19)22-16)24(11-21-15)13-7-9-26-10-13/h2-5,7,9-11H,6,8H2,1H3,(H,20,22,23). The summed E-state index contributed by atoms with van der Waals surface area (Å²) in [6.07, 6.45) is 2.59. The van der Waals surface area contributed by atoms with Crippen LogP contribution in [0.2, 0.25) is 5.28 Å². The molecule has 6 nitrogen and oxygen atoms in total. The van der Waals surface area contributed by atoms with Crippen LogP contribution in [0, 0.1) is 0 Å². The number of nitrogens with zero attached hydrogens (tertiary/aromatic N) is 4. The number of anilines is 1. The number of ether oxygens (including phenoxy) is 1. The molecule has 1 aromatic carbocycles. The van der Waals surface area contributed by atoms with Crippen molar-refractivity contribution in [2.24, 2.45) is 0 Å². The lowest BCUT2D eigenvalue weighted by Crippen LogP contribution is -2.08. The van der Waals surface area contributed by atoms with Crippen molar-refractivity contribution in [3.8, 4) is 11.4 Å². The van der Waals surface area contributed by atoms with Crippen molar-refractivity contribution in [2.45, 2.75) is 6.42 Å². The first kappa shape index (κ1) is 16.8. The Morgan fingerprint density at radius 2 is 2.04 bits per heavy atom. The summed E-state index contributed by atoms with van der Waals surface area (Å²) >= 11 is 7.75. The van der Waals surface area contributed by atoms with E-state index in [1.807, 2.05) is 45.7 Å². The highest BCUT2D eigenvalue weighted by Crippen LogP contribution is 2.24. The van der Waals surface area contributed by atoms with E-state index >= 15 is 0 Å². The molecule has 0 amide bonds. The maximum Gasteiger partial charge on any atom is 0.226 e. The second-order valence-corrected chi connectivity index (χ2v) is 6.75. The third kappa shape index (κ3) is 3.36. The summed E-state index contributed by atoms with van der Waals surface area (Å²) < 4.78 is 7.09. The Morgan fingerprint density at radius 1 is 1.19 bits per heavy atom. The highest BCUT2D eigenvalue weighted by atomic mass is 35.5. The number of benzene rings is 1. The number of fused-ring (bicyclic) bond motifs is 1. The molecular weight excluding hydrogens is 370 g/mol.